The Labute approximate surface area is 105 Å². The SMILES string of the molecule is N#CC1C2CC3C(OC(=O)C13)C2OC(F)(F)C(=O)O. The van der Waals surface area contributed by atoms with Gasteiger partial charge in [-0.15, -0.1) is 0 Å². The van der Waals surface area contributed by atoms with Crippen molar-refractivity contribution in [2.75, 3.05) is 0 Å². The summed E-state index contributed by atoms with van der Waals surface area (Å²) in [5.41, 5.74) is 0. The van der Waals surface area contributed by atoms with Gasteiger partial charge in [-0.05, 0) is 6.42 Å². The molecule has 8 heteroatoms. The molecule has 0 aromatic heterocycles. The zero-order valence-corrected chi connectivity index (χ0v) is 9.45. The Morgan fingerprint density at radius 2 is 2.21 bits per heavy atom. The minimum absolute atomic E-state index is 0.322. The van der Waals surface area contributed by atoms with Gasteiger partial charge < -0.3 is 14.6 Å². The molecule has 6 nitrogen and oxygen atoms in total. The molecular weight excluding hydrogens is 264 g/mol. The molecular formula is C11H9F2NO5. The number of hydrogen-bond acceptors (Lipinski definition) is 5. The van der Waals surface area contributed by atoms with Gasteiger partial charge in [0.2, 0.25) is 0 Å². The van der Waals surface area contributed by atoms with Crippen molar-refractivity contribution in [3.63, 3.8) is 0 Å². The van der Waals surface area contributed by atoms with Crippen LogP contribution < -0.4 is 0 Å². The van der Waals surface area contributed by atoms with E-state index in [2.05, 4.69) is 4.74 Å². The predicted molar refractivity (Wildman–Crippen MR) is 51.5 cm³/mol. The fourth-order valence-corrected chi connectivity index (χ4v) is 3.54. The standard InChI is InChI=1S/C11H9F2NO5/c12-11(13,10(16)17)19-8-3-1-4-6(5(3)2-14)9(15)18-7(4)8/h3-8H,1H2,(H,16,17). The summed E-state index contributed by atoms with van der Waals surface area (Å²) in [6, 6.07) is 1.93. The van der Waals surface area contributed by atoms with E-state index < -0.39 is 48.0 Å². The van der Waals surface area contributed by atoms with Gasteiger partial charge in [-0.2, -0.15) is 14.0 Å². The number of hydrogen-bond donors (Lipinski definition) is 1. The zero-order valence-electron chi connectivity index (χ0n) is 9.45. The maximum Gasteiger partial charge on any atom is 0.456 e. The number of ether oxygens (including phenoxy) is 2. The van der Waals surface area contributed by atoms with E-state index in [1.165, 1.54) is 0 Å². The Morgan fingerprint density at radius 1 is 1.53 bits per heavy atom. The van der Waals surface area contributed by atoms with E-state index in [0.29, 0.717) is 6.42 Å². The first-order valence-electron chi connectivity index (χ1n) is 5.76. The molecule has 0 aromatic rings. The highest BCUT2D eigenvalue weighted by Gasteiger charge is 2.69. The van der Waals surface area contributed by atoms with Crippen LogP contribution in [0, 0.1) is 35.0 Å². The fourth-order valence-electron chi connectivity index (χ4n) is 3.54. The van der Waals surface area contributed by atoms with Crippen molar-refractivity contribution in [1.29, 1.82) is 5.26 Å². The van der Waals surface area contributed by atoms with Crippen LogP contribution in [0.2, 0.25) is 0 Å². The molecule has 3 fully saturated rings. The summed E-state index contributed by atoms with van der Waals surface area (Å²) >= 11 is 0. The van der Waals surface area contributed by atoms with Crippen LogP contribution in [0.4, 0.5) is 8.78 Å². The number of nitriles is 1. The summed E-state index contributed by atoms with van der Waals surface area (Å²) in [4.78, 5) is 22.0. The smallest absolute Gasteiger partial charge is 0.456 e. The second kappa shape index (κ2) is 3.63. The molecule has 1 aliphatic heterocycles. The molecule has 2 aliphatic carbocycles. The third kappa shape index (κ3) is 1.48. The topological polar surface area (TPSA) is 96.6 Å². The third-order valence-corrected chi connectivity index (χ3v) is 4.23. The Bertz CT molecular complexity index is 502. The Balaban J connectivity index is 1.88. The van der Waals surface area contributed by atoms with Crippen molar-refractivity contribution in [3.05, 3.63) is 0 Å². The summed E-state index contributed by atoms with van der Waals surface area (Å²) in [5.74, 6) is -5.21. The number of carbonyl (C=O) groups excluding carboxylic acids is 1. The fraction of sp³-hybridized carbons (Fsp3) is 0.727. The molecule has 3 aliphatic rings. The summed E-state index contributed by atoms with van der Waals surface area (Å²) in [6.07, 6.45) is -6.07. The van der Waals surface area contributed by atoms with E-state index in [-0.39, 0.29) is 5.92 Å². The van der Waals surface area contributed by atoms with Crippen LogP contribution in [0.3, 0.4) is 0 Å². The van der Waals surface area contributed by atoms with Crippen molar-refractivity contribution in [2.24, 2.45) is 23.7 Å². The third-order valence-electron chi connectivity index (χ3n) is 4.23. The van der Waals surface area contributed by atoms with Gasteiger partial charge in [0.1, 0.15) is 12.2 Å². The largest absolute Gasteiger partial charge is 0.475 e. The van der Waals surface area contributed by atoms with Crippen LogP contribution in [-0.4, -0.2) is 35.4 Å². The second-order valence-electron chi connectivity index (χ2n) is 5.05. The van der Waals surface area contributed by atoms with Crippen molar-refractivity contribution < 1.29 is 33.0 Å². The van der Waals surface area contributed by atoms with E-state index in [1.807, 2.05) is 6.07 Å². The van der Waals surface area contributed by atoms with Crippen LogP contribution in [0.25, 0.3) is 0 Å². The lowest BCUT2D eigenvalue weighted by molar-refractivity contribution is -0.278. The minimum atomic E-state index is -4.35. The number of esters is 1. The van der Waals surface area contributed by atoms with Gasteiger partial charge in [0.05, 0.1) is 17.9 Å². The Kier molecular flexibility index (Phi) is 2.35. The Hall–Kier alpha value is -1.75. The quantitative estimate of drug-likeness (QED) is 0.747. The van der Waals surface area contributed by atoms with Crippen molar-refractivity contribution in [2.45, 2.75) is 24.7 Å². The van der Waals surface area contributed by atoms with Gasteiger partial charge in [-0.1, -0.05) is 0 Å². The van der Waals surface area contributed by atoms with Crippen LogP contribution in [-0.2, 0) is 19.1 Å². The van der Waals surface area contributed by atoms with Crippen LogP contribution in [0.15, 0.2) is 0 Å². The first-order chi connectivity index (χ1) is 8.86. The van der Waals surface area contributed by atoms with E-state index >= 15 is 0 Å². The molecule has 6 atom stereocenters. The maximum absolute atomic E-state index is 13.1. The molecule has 19 heavy (non-hydrogen) atoms. The number of carboxylic acids is 1. The Morgan fingerprint density at radius 3 is 2.79 bits per heavy atom. The van der Waals surface area contributed by atoms with Gasteiger partial charge in [0.25, 0.3) is 0 Å². The molecule has 0 aromatic carbocycles. The highest BCUT2D eigenvalue weighted by Crippen LogP contribution is 2.59. The number of carboxylic acid groups (broad SMARTS) is 1. The molecule has 3 rings (SSSR count). The molecule has 2 saturated carbocycles. The number of fused-ring (bicyclic) bond motifs is 1. The van der Waals surface area contributed by atoms with Crippen LogP contribution >= 0.6 is 0 Å². The van der Waals surface area contributed by atoms with Crippen LogP contribution in [0.5, 0.6) is 0 Å². The highest BCUT2D eigenvalue weighted by atomic mass is 19.3. The first kappa shape index (κ1) is 12.3. The zero-order chi connectivity index (χ0) is 13.9. The van der Waals surface area contributed by atoms with E-state index in [9.17, 15) is 18.4 Å². The summed E-state index contributed by atoms with van der Waals surface area (Å²) in [5, 5.41) is 17.4. The van der Waals surface area contributed by atoms with Gasteiger partial charge >= 0.3 is 18.0 Å². The molecule has 0 radical (unpaired) electrons. The number of alkyl halides is 2. The maximum atomic E-state index is 13.1. The molecule has 1 saturated heterocycles. The first-order valence-corrected chi connectivity index (χ1v) is 5.76. The van der Waals surface area contributed by atoms with Crippen molar-refractivity contribution in [3.8, 4) is 6.07 Å². The lowest BCUT2D eigenvalue weighted by atomic mass is 9.79. The van der Waals surface area contributed by atoms with Crippen LogP contribution in [0.1, 0.15) is 6.42 Å². The minimum Gasteiger partial charge on any atom is -0.475 e. The average molecular weight is 273 g/mol. The molecule has 1 heterocycles. The van der Waals surface area contributed by atoms with Gasteiger partial charge in [0.15, 0.2) is 0 Å². The number of halogens is 2. The molecule has 6 unspecified atom stereocenters. The van der Waals surface area contributed by atoms with Crippen molar-refractivity contribution >= 4 is 11.9 Å². The van der Waals surface area contributed by atoms with E-state index in [1.54, 1.807) is 0 Å². The predicted octanol–water partition coefficient (Wildman–Crippen LogP) is 0.380. The highest BCUT2D eigenvalue weighted by molar-refractivity contribution is 5.78. The lowest BCUT2D eigenvalue weighted by Gasteiger charge is -2.29. The monoisotopic (exact) mass is 273 g/mol. The second-order valence-corrected chi connectivity index (χ2v) is 5.05. The number of carbonyl (C=O) groups is 2. The summed E-state index contributed by atoms with van der Waals surface area (Å²) in [6.45, 7) is 0. The van der Waals surface area contributed by atoms with E-state index in [4.69, 9.17) is 15.1 Å². The number of nitrogens with zero attached hydrogens (tertiary/aromatic N) is 1. The van der Waals surface area contributed by atoms with Crippen molar-refractivity contribution in [1.82, 2.24) is 0 Å². The van der Waals surface area contributed by atoms with Gasteiger partial charge in [-0.3, -0.25) is 4.79 Å². The summed E-state index contributed by atoms with van der Waals surface area (Å²) in [7, 11) is 0. The molecule has 2 bridgehead atoms. The summed E-state index contributed by atoms with van der Waals surface area (Å²) < 4.78 is 35.6. The van der Waals surface area contributed by atoms with Gasteiger partial charge in [-0.25, -0.2) is 4.79 Å². The van der Waals surface area contributed by atoms with E-state index in [0.717, 1.165) is 0 Å². The number of aliphatic carboxylic acids is 1. The molecule has 0 spiro atoms. The molecule has 0 amide bonds. The normalized spacial score (nSPS) is 43.1. The van der Waals surface area contributed by atoms with Gasteiger partial charge in [0, 0.05) is 11.8 Å². The molecule has 1 N–H and O–H groups in total. The lowest BCUT2D eigenvalue weighted by Crippen LogP contribution is -2.45. The average Bonchev–Trinajstić information content (AvgIpc) is 2.91. The molecule has 102 valence electrons. The number of rotatable bonds is 3.